The first kappa shape index (κ1) is 25.9. The molecule has 2 heterocycles. The third kappa shape index (κ3) is 5.15. The predicted octanol–water partition coefficient (Wildman–Crippen LogP) is 4.63. The van der Waals surface area contributed by atoms with Crippen molar-refractivity contribution in [2.24, 2.45) is 10.9 Å². The van der Waals surface area contributed by atoms with Crippen LogP contribution < -0.4 is 19.6 Å². The molecule has 3 aromatic rings. The molecule has 188 valence electrons. The summed E-state index contributed by atoms with van der Waals surface area (Å²) in [4.78, 5) is 31.8. The van der Waals surface area contributed by atoms with E-state index < -0.39 is 23.4 Å². The van der Waals surface area contributed by atoms with E-state index in [0.717, 1.165) is 11.3 Å². The van der Waals surface area contributed by atoms with Gasteiger partial charge in [0.1, 0.15) is 11.6 Å². The van der Waals surface area contributed by atoms with Crippen LogP contribution in [0.1, 0.15) is 44.9 Å². The van der Waals surface area contributed by atoms with Crippen molar-refractivity contribution in [2.45, 2.75) is 33.7 Å². The molecular formula is C27H26ClFN2O4S. The Balaban J connectivity index is 1.91. The van der Waals surface area contributed by atoms with E-state index in [4.69, 9.17) is 21.1 Å². The Morgan fingerprint density at radius 2 is 1.97 bits per heavy atom. The van der Waals surface area contributed by atoms with Crippen molar-refractivity contribution in [3.8, 4) is 5.75 Å². The minimum Gasteiger partial charge on any atom is -0.494 e. The number of thiazole rings is 1. The summed E-state index contributed by atoms with van der Waals surface area (Å²) < 4.78 is 27.3. The minimum atomic E-state index is -0.769. The van der Waals surface area contributed by atoms with Crippen molar-refractivity contribution in [3.63, 3.8) is 0 Å². The van der Waals surface area contributed by atoms with Crippen LogP contribution in [-0.4, -0.2) is 23.8 Å². The Hall–Kier alpha value is -3.23. The van der Waals surface area contributed by atoms with E-state index in [0.29, 0.717) is 28.4 Å². The molecule has 0 amide bonds. The zero-order chi connectivity index (χ0) is 26.0. The number of esters is 1. The summed E-state index contributed by atoms with van der Waals surface area (Å²) in [5, 5.41) is 0.193. The van der Waals surface area contributed by atoms with E-state index in [1.165, 1.54) is 22.8 Å². The van der Waals surface area contributed by atoms with Crippen molar-refractivity contribution in [2.75, 3.05) is 13.2 Å². The number of hydrogen-bond acceptors (Lipinski definition) is 6. The molecule has 1 aromatic heterocycles. The van der Waals surface area contributed by atoms with Crippen LogP contribution >= 0.6 is 22.9 Å². The van der Waals surface area contributed by atoms with Gasteiger partial charge in [0.05, 0.1) is 40.1 Å². The molecule has 4 rings (SSSR count). The molecule has 1 aliphatic heterocycles. The summed E-state index contributed by atoms with van der Waals surface area (Å²) in [6.45, 7) is 8.25. The number of ether oxygens (including phenoxy) is 2. The minimum absolute atomic E-state index is 0.120. The molecule has 2 aromatic carbocycles. The van der Waals surface area contributed by atoms with Crippen molar-refractivity contribution >= 4 is 35.0 Å². The van der Waals surface area contributed by atoms with Gasteiger partial charge in [0.25, 0.3) is 5.56 Å². The summed E-state index contributed by atoms with van der Waals surface area (Å²) in [5.74, 6) is -0.251. The van der Waals surface area contributed by atoms with Crippen LogP contribution in [0.25, 0.3) is 6.08 Å². The molecular weight excluding hydrogens is 503 g/mol. The highest BCUT2D eigenvalue weighted by Crippen LogP contribution is 2.32. The number of carbonyl (C=O) groups excluding carboxylic acids is 1. The van der Waals surface area contributed by atoms with Gasteiger partial charge in [0.2, 0.25) is 0 Å². The second kappa shape index (κ2) is 10.8. The first-order valence-corrected chi connectivity index (χ1v) is 12.8. The number of hydrogen-bond donors (Lipinski definition) is 0. The maximum atomic E-state index is 14.4. The summed E-state index contributed by atoms with van der Waals surface area (Å²) in [7, 11) is 0. The van der Waals surface area contributed by atoms with Crippen molar-refractivity contribution in [3.05, 3.63) is 95.4 Å². The molecule has 0 spiro atoms. The van der Waals surface area contributed by atoms with E-state index in [-0.39, 0.29) is 33.2 Å². The quantitative estimate of drug-likeness (QED) is 0.419. The summed E-state index contributed by atoms with van der Waals surface area (Å²) in [6, 6.07) is 10.8. The Labute approximate surface area is 217 Å². The zero-order valence-corrected chi connectivity index (χ0v) is 22.0. The molecule has 1 unspecified atom stereocenters. The molecule has 0 aliphatic carbocycles. The molecule has 6 nitrogen and oxygen atoms in total. The van der Waals surface area contributed by atoms with E-state index in [2.05, 4.69) is 4.99 Å². The van der Waals surface area contributed by atoms with E-state index in [9.17, 15) is 14.0 Å². The fraction of sp³-hybridized carbons (Fsp3) is 0.296. The summed E-state index contributed by atoms with van der Waals surface area (Å²) >= 11 is 7.30. The van der Waals surface area contributed by atoms with Gasteiger partial charge in [-0.05, 0) is 55.7 Å². The zero-order valence-electron chi connectivity index (χ0n) is 20.4. The van der Waals surface area contributed by atoms with Gasteiger partial charge in [-0.25, -0.2) is 14.2 Å². The average molecular weight is 529 g/mol. The number of allylic oxidation sites excluding steroid dienone is 1. The summed E-state index contributed by atoms with van der Waals surface area (Å²) in [6.07, 6.45) is 1.42. The highest BCUT2D eigenvalue weighted by atomic mass is 35.5. The van der Waals surface area contributed by atoms with E-state index >= 15 is 0 Å². The Bertz CT molecular complexity index is 1490. The molecule has 9 heteroatoms. The molecule has 0 saturated carbocycles. The molecule has 0 radical (unpaired) electrons. The Morgan fingerprint density at radius 3 is 2.61 bits per heavy atom. The lowest BCUT2D eigenvalue weighted by atomic mass is 9.96. The SMILES string of the molecule is CCOc1ccc(C2C(C(=O)OCC(C)C)=C(C)N=c3s/c(=C\c4c(F)cccc4Cl)c(=O)n32)cc1. The van der Waals surface area contributed by atoms with Gasteiger partial charge in [-0.3, -0.25) is 9.36 Å². The third-order valence-electron chi connectivity index (χ3n) is 5.57. The molecule has 1 aliphatic rings. The third-order valence-corrected chi connectivity index (χ3v) is 6.88. The van der Waals surface area contributed by atoms with E-state index in [1.807, 2.05) is 32.9 Å². The first-order chi connectivity index (χ1) is 17.2. The number of aromatic nitrogens is 1. The number of halogens is 2. The fourth-order valence-electron chi connectivity index (χ4n) is 3.91. The highest BCUT2D eigenvalue weighted by molar-refractivity contribution is 7.07. The number of nitrogens with zero attached hydrogens (tertiary/aromatic N) is 2. The van der Waals surface area contributed by atoms with Crippen LogP contribution in [0.15, 0.2) is 63.5 Å². The van der Waals surface area contributed by atoms with Crippen LogP contribution in [0.2, 0.25) is 5.02 Å². The molecule has 0 fully saturated rings. The van der Waals surface area contributed by atoms with Gasteiger partial charge in [0.15, 0.2) is 4.80 Å². The van der Waals surface area contributed by atoms with Crippen molar-refractivity contribution < 1.29 is 18.7 Å². The largest absolute Gasteiger partial charge is 0.494 e. The van der Waals surface area contributed by atoms with Crippen LogP contribution in [0.4, 0.5) is 4.39 Å². The Kier molecular flexibility index (Phi) is 7.76. The number of carbonyl (C=O) groups is 1. The maximum absolute atomic E-state index is 14.4. The van der Waals surface area contributed by atoms with Crippen molar-refractivity contribution in [1.82, 2.24) is 4.57 Å². The normalized spacial score (nSPS) is 15.6. The molecule has 0 saturated heterocycles. The average Bonchev–Trinajstić information content (AvgIpc) is 3.14. The second-order valence-electron chi connectivity index (χ2n) is 8.71. The van der Waals surface area contributed by atoms with Gasteiger partial charge in [-0.2, -0.15) is 0 Å². The topological polar surface area (TPSA) is 69.9 Å². The first-order valence-electron chi connectivity index (χ1n) is 11.6. The molecule has 1 atom stereocenters. The standard InChI is InChI=1S/C27H26ClFN2O4S/c1-5-34-18-11-9-17(10-12-18)24-23(26(33)35-14-15(2)3)16(4)30-27-31(24)25(32)22(36-27)13-19-20(28)7-6-8-21(19)29/h6-13,15,24H,5,14H2,1-4H3/b22-13-. The highest BCUT2D eigenvalue weighted by Gasteiger charge is 2.33. The second-order valence-corrected chi connectivity index (χ2v) is 10.1. The van der Waals surface area contributed by atoms with Crippen LogP contribution in [-0.2, 0) is 9.53 Å². The lowest BCUT2D eigenvalue weighted by molar-refractivity contribution is -0.140. The van der Waals surface area contributed by atoms with Gasteiger partial charge in [-0.1, -0.05) is 55.0 Å². The molecule has 0 bridgehead atoms. The number of fused-ring (bicyclic) bond motifs is 1. The van der Waals surface area contributed by atoms with Gasteiger partial charge >= 0.3 is 5.97 Å². The van der Waals surface area contributed by atoms with Gasteiger partial charge in [0, 0.05) is 5.56 Å². The van der Waals surface area contributed by atoms with E-state index in [1.54, 1.807) is 25.1 Å². The lowest BCUT2D eigenvalue weighted by Gasteiger charge is -2.25. The lowest BCUT2D eigenvalue weighted by Crippen LogP contribution is -2.40. The molecule has 36 heavy (non-hydrogen) atoms. The number of rotatable bonds is 7. The van der Waals surface area contributed by atoms with Gasteiger partial charge < -0.3 is 9.47 Å². The van der Waals surface area contributed by atoms with Gasteiger partial charge in [-0.15, -0.1) is 0 Å². The smallest absolute Gasteiger partial charge is 0.338 e. The number of benzene rings is 2. The van der Waals surface area contributed by atoms with Crippen LogP contribution in [0.5, 0.6) is 5.75 Å². The summed E-state index contributed by atoms with van der Waals surface area (Å²) in [5.41, 5.74) is 1.15. The fourth-order valence-corrected chi connectivity index (χ4v) is 5.16. The van der Waals surface area contributed by atoms with Crippen molar-refractivity contribution in [1.29, 1.82) is 0 Å². The Morgan fingerprint density at radius 1 is 1.25 bits per heavy atom. The van der Waals surface area contributed by atoms with Crippen LogP contribution in [0, 0.1) is 11.7 Å². The molecule has 0 N–H and O–H groups in total. The monoisotopic (exact) mass is 528 g/mol. The van der Waals surface area contributed by atoms with Crippen LogP contribution in [0.3, 0.4) is 0 Å². The maximum Gasteiger partial charge on any atom is 0.338 e. The predicted molar refractivity (Wildman–Crippen MR) is 139 cm³/mol.